The minimum absolute atomic E-state index is 0.142. The van der Waals surface area contributed by atoms with E-state index in [9.17, 15) is 4.79 Å². The number of benzene rings is 2. The van der Waals surface area contributed by atoms with E-state index in [1.807, 2.05) is 30.5 Å². The molecule has 0 aliphatic carbocycles. The summed E-state index contributed by atoms with van der Waals surface area (Å²) in [6.45, 7) is 2.82. The van der Waals surface area contributed by atoms with Crippen LogP contribution in [0.4, 0.5) is 0 Å². The van der Waals surface area contributed by atoms with Gasteiger partial charge in [-0.1, -0.05) is 24.3 Å². The van der Waals surface area contributed by atoms with E-state index < -0.39 is 0 Å². The van der Waals surface area contributed by atoms with Crippen molar-refractivity contribution in [1.82, 2.24) is 15.2 Å². The summed E-state index contributed by atoms with van der Waals surface area (Å²) in [6.07, 6.45) is 5.25. The van der Waals surface area contributed by atoms with Crippen molar-refractivity contribution in [2.45, 2.75) is 38.3 Å². The van der Waals surface area contributed by atoms with Crippen LogP contribution >= 0.6 is 0 Å². The molecule has 0 radical (unpaired) electrons. The van der Waals surface area contributed by atoms with Crippen molar-refractivity contribution >= 4 is 16.8 Å². The Morgan fingerprint density at radius 3 is 2.65 bits per heavy atom. The number of aromatic nitrogens is 1. The molecule has 164 valence electrons. The Bertz CT molecular complexity index is 1020. The Kier molecular flexibility index (Phi) is 6.77. The Balaban J connectivity index is 1.22. The molecule has 0 saturated carbocycles. The molecule has 4 rings (SSSR count). The van der Waals surface area contributed by atoms with Crippen LogP contribution in [0.15, 0.2) is 48.7 Å². The molecule has 1 fully saturated rings. The molecule has 6 heteroatoms. The fourth-order valence-electron chi connectivity index (χ4n) is 4.36. The number of aryl methyl sites for hydroxylation is 1. The lowest BCUT2D eigenvalue weighted by Crippen LogP contribution is -2.44. The van der Waals surface area contributed by atoms with Gasteiger partial charge in [-0.15, -0.1) is 0 Å². The minimum Gasteiger partial charge on any atom is -0.493 e. The molecular formula is C25H31N3O3. The van der Waals surface area contributed by atoms with Crippen molar-refractivity contribution in [1.29, 1.82) is 0 Å². The van der Waals surface area contributed by atoms with Gasteiger partial charge >= 0.3 is 0 Å². The molecule has 2 aromatic carbocycles. The first-order valence-corrected chi connectivity index (χ1v) is 10.9. The highest BCUT2D eigenvalue weighted by Gasteiger charge is 2.21. The number of piperidine rings is 1. The average Bonchev–Trinajstić information content (AvgIpc) is 3.22. The van der Waals surface area contributed by atoms with Crippen molar-refractivity contribution in [2.24, 2.45) is 0 Å². The molecule has 1 aliphatic heterocycles. The van der Waals surface area contributed by atoms with E-state index in [0.29, 0.717) is 6.42 Å². The Hall–Kier alpha value is -2.99. The highest BCUT2D eigenvalue weighted by Crippen LogP contribution is 2.28. The third-order valence-electron chi connectivity index (χ3n) is 6.10. The molecule has 0 atom stereocenters. The fraction of sp³-hybridized carbons (Fsp3) is 0.400. The van der Waals surface area contributed by atoms with Crippen LogP contribution in [-0.4, -0.2) is 49.1 Å². The van der Waals surface area contributed by atoms with Crippen LogP contribution < -0.4 is 14.8 Å². The van der Waals surface area contributed by atoms with Gasteiger partial charge in [0.25, 0.3) is 0 Å². The van der Waals surface area contributed by atoms with Crippen molar-refractivity contribution in [2.75, 3.05) is 27.3 Å². The highest BCUT2D eigenvalue weighted by atomic mass is 16.5. The quantitative estimate of drug-likeness (QED) is 0.579. The summed E-state index contributed by atoms with van der Waals surface area (Å²) in [5.41, 5.74) is 3.54. The number of H-pyrrole nitrogens is 1. The summed E-state index contributed by atoms with van der Waals surface area (Å²) in [5, 5.41) is 4.44. The van der Waals surface area contributed by atoms with Crippen LogP contribution in [0.2, 0.25) is 0 Å². The van der Waals surface area contributed by atoms with Crippen LogP contribution in [-0.2, 0) is 17.8 Å². The first kappa shape index (κ1) is 21.2. The Labute approximate surface area is 183 Å². The lowest BCUT2D eigenvalue weighted by atomic mass is 10.0. The van der Waals surface area contributed by atoms with Crippen LogP contribution in [0.5, 0.6) is 11.5 Å². The van der Waals surface area contributed by atoms with Gasteiger partial charge in [-0.2, -0.15) is 0 Å². The van der Waals surface area contributed by atoms with Crippen LogP contribution in [0, 0.1) is 0 Å². The zero-order chi connectivity index (χ0) is 21.6. The van der Waals surface area contributed by atoms with E-state index in [4.69, 9.17) is 9.47 Å². The van der Waals surface area contributed by atoms with Crippen LogP contribution in [0.25, 0.3) is 10.9 Å². The van der Waals surface area contributed by atoms with Crippen molar-refractivity contribution in [3.05, 3.63) is 59.8 Å². The van der Waals surface area contributed by atoms with Gasteiger partial charge in [0, 0.05) is 49.2 Å². The zero-order valence-electron chi connectivity index (χ0n) is 18.3. The molecular weight excluding hydrogens is 390 g/mol. The predicted octanol–water partition coefficient (Wildman–Crippen LogP) is 3.90. The number of amides is 1. The molecule has 0 bridgehead atoms. The zero-order valence-corrected chi connectivity index (χ0v) is 18.3. The Morgan fingerprint density at radius 1 is 1.10 bits per heavy atom. The normalized spacial score (nSPS) is 15.2. The summed E-state index contributed by atoms with van der Waals surface area (Å²) >= 11 is 0. The molecule has 1 aliphatic rings. The maximum absolute atomic E-state index is 12.5. The van der Waals surface area contributed by atoms with Gasteiger partial charge in [0.05, 0.1) is 14.2 Å². The molecule has 0 spiro atoms. The third kappa shape index (κ3) is 5.20. The Morgan fingerprint density at radius 2 is 1.87 bits per heavy atom. The number of fused-ring (bicyclic) bond motifs is 1. The average molecular weight is 422 g/mol. The maximum atomic E-state index is 12.5. The number of ether oxygens (including phenoxy) is 2. The van der Waals surface area contributed by atoms with Gasteiger partial charge in [-0.05, 0) is 48.6 Å². The number of aromatic amines is 1. The first-order chi connectivity index (χ1) is 15.2. The van der Waals surface area contributed by atoms with Crippen LogP contribution in [0.3, 0.4) is 0 Å². The summed E-state index contributed by atoms with van der Waals surface area (Å²) in [5.74, 6) is 1.65. The van der Waals surface area contributed by atoms with Gasteiger partial charge in [0.1, 0.15) is 0 Å². The number of carbonyl (C=O) groups excluding carboxylic acids is 1. The maximum Gasteiger partial charge on any atom is 0.220 e. The number of nitrogens with zero attached hydrogens (tertiary/aromatic N) is 1. The second kappa shape index (κ2) is 9.88. The van der Waals surface area contributed by atoms with Gasteiger partial charge < -0.3 is 19.8 Å². The number of hydrogen-bond donors (Lipinski definition) is 2. The van der Waals surface area contributed by atoms with E-state index >= 15 is 0 Å². The molecule has 1 amide bonds. The fourth-order valence-corrected chi connectivity index (χ4v) is 4.36. The number of methoxy groups -OCH3 is 2. The molecule has 31 heavy (non-hydrogen) atoms. The summed E-state index contributed by atoms with van der Waals surface area (Å²) in [7, 11) is 3.31. The van der Waals surface area contributed by atoms with Crippen molar-refractivity contribution in [3.63, 3.8) is 0 Å². The summed E-state index contributed by atoms with van der Waals surface area (Å²) in [6, 6.07) is 14.6. The number of hydrogen-bond acceptors (Lipinski definition) is 4. The van der Waals surface area contributed by atoms with Gasteiger partial charge in [-0.25, -0.2) is 0 Å². The number of para-hydroxylation sites is 1. The number of rotatable bonds is 8. The standard InChI is InChI=1S/C25H31N3O3/c1-30-23-9-7-18(15-24(23)31-2)17-28-13-11-20(12-14-28)27-25(29)10-8-19-16-26-22-6-4-3-5-21(19)22/h3-7,9,15-16,20,26H,8,10-14,17H2,1-2H3,(H,27,29). The third-order valence-corrected chi connectivity index (χ3v) is 6.10. The molecule has 2 N–H and O–H groups in total. The van der Waals surface area contributed by atoms with Gasteiger partial charge in [0.2, 0.25) is 5.91 Å². The van der Waals surface area contributed by atoms with E-state index in [1.54, 1.807) is 14.2 Å². The summed E-state index contributed by atoms with van der Waals surface area (Å²) < 4.78 is 10.7. The number of nitrogens with one attached hydrogen (secondary N) is 2. The lowest BCUT2D eigenvalue weighted by molar-refractivity contribution is -0.122. The summed E-state index contributed by atoms with van der Waals surface area (Å²) in [4.78, 5) is 18.2. The second-order valence-electron chi connectivity index (χ2n) is 8.17. The molecule has 2 heterocycles. The largest absolute Gasteiger partial charge is 0.493 e. The second-order valence-corrected chi connectivity index (χ2v) is 8.17. The topological polar surface area (TPSA) is 66.6 Å². The number of likely N-dealkylation sites (tertiary alicyclic amines) is 1. The van der Waals surface area contributed by atoms with E-state index in [1.165, 1.54) is 16.5 Å². The van der Waals surface area contributed by atoms with E-state index in [2.05, 4.69) is 33.4 Å². The molecule has 1 aromatic heterocycles. The van der Waals surface area contributed by atoms with Gasteiger partial charge in [-0.3, -0.25) is 9.69 Å². The number of carbonyl (C=O) groups is 1. The van der Waals surface area contributed by atoms with E-state index in [-0.39, 0.29) is 11.9 Å². The first-order valence-electron chi connectivity index (χ1n) is 10.9. The SMILES string of the molecule is COc1ccc(CN2CCC(NC(=O)CCc3c[nH]c4ccccc34)CC2)cc1OC. The predicted molar refractivity (Wildman–Crippen MR) is 123 cm³/mol. The monoisotopic (exact) mass is 421 g/mol. The smallest absolute Gasteiger partial charge is 0.220 e. The van der Waals surface area contributed by atoms with Crippen LogP contribution in [0.1, 0.15) is 30.4 Å². The lowest BCUT2D eigenvalue weighted by Gasteiger charge is -2.32. The molecule has 1 saturated heterocycles. The minimum atomic E-state index is 0.142. The van der Waals surface area contributed by atoms with Gasteiger partial charge in [0.15, 0.2) is 11.5 Å². The molecule has 0 unspecified atom stereocenters. The molecule has 6 nitrogen and oxygen atoms in total. The van der Waals surface area contributed by atoms with Crippen molar-refractivity contribution in [3.8, 4) is 11.5 Å². The van der Waals surface area contributed by atoms with Crippen molar-refractivity contribution < 1.29 is 14.3 Å². The molecule has 3 aromatic rings. The van der Waals surface area contributed by atoms with E-state index in [0.717, 1.165) is 55.9 Å². The highest BCUT2D eigenvalue weighted by molar-refractivity contribution is 5.84.